The number of nitrogens with one attached hydrogen (secondary N) is 1. The topological polar surface area (TPSA) is 86.5 Å². The summed E-state index contributed by atoms with van der Waals surface area (Å²) in [5.74, 6) is -0.238. The lowest BCUT2D eigenvalue weighted by Crippen LogP contribution is -2.32. The molecule has 0 aromatic carbocycles. The van der Waals surface area contributed by atoms with Crippen LogP contribution in [0.2, 0.25) is 0 Å². The number of carbonyl (C=O) groups is 1. The van der Waals surface area contributed by atoms with E-state index in [4.69, 9.17) is 15.2 Å². The van der Waals surface area contributed by atoms with Gasteiger partial charge >= 0.3 is 5.97 Å². The van der Waals surface area contributed by atoms with Gasteiger partial charge in [-0.1, -0.05) is 0 Å². The first kappa shape index (κ1) is 13.1. The normalized spacial score (nSPS) is 23.7. The molecule has 1 aliphatic heterocycles. The van der Waals surface area contributed by atoms with Crippen LogP contribution in [0.3, 0.4) is 0 Å². The lowest BCUT2D eigenvalue weighted by atomic mass is 10.0. The van der Waals surface area contributed by atoms with E-state index in [-0.39, 0.29) is 18.0 Å². The van der Waals surface area contributed by atoms with E-state index in [1.807, 2.05) is 6.92 Å². The van der Waals surface area contributed by atoms with Gasteiger partial charge in [0.05, 0.1) is 13.2 Å². The Balaban J connectivity index is 2.11. The highest BCUT2D eigenvalue weighted by Gasteiger charge is 2.24. The van der Waals surface area contributed by atoms with E-state index in [0.717, 1.165) is 19.4 Å². The third-order valence-corrected chi connectivity index (χ3v) is 3.72. The molecule has 1 fully saturated rings. The van der Waals surface area contributed by atoms with Crippen molar-refractivity contribution in [2.45, 2.75) is 31.9 Å². The first-order valence-electron chi connectivity index (χ1n) is 5.83. The third-order valence-electron chi connectivity index (χ3n) is 2.93. The van der Waals surface area contributed by atoms with Crippen molar-refractivity contribution in [2.75, 3.05) is 24.8 Å². The number of hydrogen-bond acceptors (Lipinski definition) is 7. The molecule has 0 spiro atoms. The molecule has 1 aliphatic rings. The maximum absolute atomic E-state index is 11.6. The quantitative estimate of drug-likeness (QED) is 0.810. The molecule has 2 unspecified atom stereocenters. The summed E-state index contributed by atoms with van der Waals surface area (Å²) in [6, 6.07) is 0.275. The molecule has 2 heterocycles. The highest BCUT2D eigenvalue weighted by molar-refractivity contribution is 7.11. The average molecular weight is 271 g/mol. The van der Waals surface area contributed by atoms with Gasteiger partial charge in [0.25, 0.3) is 0 Å². The van der Waals surface area contributed by atoms with Gasteiger partial charge in [-0.25, -0.2) is 4.79 Å². The summed E-state index contributed by atoms with van der Waals surface area (Å²) in [5.41, 5.74) is 6.02. The van der Waals surface area contributed by atoms with Crippen LogP contribution >= 0.6 is 11.5 Å². The Kier molecular flexibility index (Phi) is 4.03. The Morgan fingerprint density at radius 3 is 3.11 bits per heavy atom. The van der Waals surface area contributed by atoms with Crippen molar-refractivity contribution in [3.63, 3.8) is 0 Å². The van der Waals surface area contributed by atoms with Crippen molar-refractivity contribution in [1.29, 1.82) is 0 Å². The van der Waals surface area contributed by atoms with Crippen molar-refractivity contribution in [2.24, 2.45) is 0 Å². The van der Waals surface area contributed by atoms with Gasteiger partial charge in [0.1, 0.15) is 10.6 Å². The van der Waals surface area contributed by atoms with E-state index in [2.05, 4.69) is 9.69 Å². The van der Waals surface area contributed by atoms with Gasteiger partial charge in [-0.3, -0.25) is 0 Å². The summed E-state index contributed by atoms with van der Waals surface area (Å²) in [4.78, 5) is 11.6. The van der Waals surface area contributed by atoms with E-state index in [0.29, 0.717) is 10.6 Å². The molecule has 1 saturated heterocycles. The fourth-order valence-electron chi connectivity index (χ4n) is 2.01. The van der Waals surface area contributed by atoms with E-state index in [1.54, 1.807) is 0 Å². The SMILES string of the molecule is COC(=O)c1c(N)nsc1NC1CCOC(C)C1. The predicted molar refractivity (Wildman–Crippen MR) is 69.9 cm³/mol. The van der Waals surface area contributed by atoms with Gasteiger partial charge in [0, 0.05) is 12.6 Å². The van der Waals surface area contributed by atoms with Crippen molar-refractivity contribution < 1.29 is 14.3 Å². The summed E-state index contributed by atoms with van der Waals surface area (Å²) in [7, 11) is 1.33. The molecule has 100 valence electrons. The molecule has 0 saturated carbocycles. The summed E-state index contributed by atoms with van der Waals surface area (Å²) in [6.45, 7) is 2.76. The molecule has 0 bridgehead atoms. The average Bonchev–Trinajstić information content (AvgIpc) is 2.70. The Hall–Kier alpha value is -1.34. The zero-order valence-electron chi connectivity index (χ0n) is 10.4. The molecular formula is C11H17N3O3S. The van der Waals surface area contributed by atoms with E-state index >= 15 is 0 Å². The van der Waals surface area contributed by atoms with Crippen LogP contribution < -0.4 is 11.1 Å². The molecular weight excluding hydrogens is 254 g/mol. The number of nitrogens with zero attached hydrogens (tertiary/aromatic N) is 1. The Labute approximate surface area is 110 Å². The van der Waals surface area contributed by atoms with E-state index in [1.165, 1.54) is 18.6 Å². The fraction of sp³-hybridized carbons (Fsp3) is 0.636. The second kappa shape index (κ2) is 5.53. The predicted octanol–water partition coefficient (Wildman–Crippen LogP) is 1.49. The van der Waals surface area contributed by atoms with Crippen LogP contribution in [0.25, 0.3) is 0 Å². The molecule has 0 amide bonds. The van der Waals surface area contributed by atoms with Gasteiger partial charge < -0.3 is 20.5 Å². The second-order valence-corrected chi connectivity index (χ2v) is 5.08. The molecule has 2 atom stereocenters. The van der Waals surface area contributed by atoms with Gasteiger partial charge in [0.2, 0.25) is 0 Å². The minimum absolute atomic E-state index is 0.217. The zero-order chi connectivity index (χ0) is 13.1. The Bertz CT molecular complexity index is 435. The smallest absolute Gasteiger partial charge is 0.344 e. The standard InChI is InChI=1S/C11H17N3O3S/c1-6-5-7(3-4-17-6)13-10-8(11(15)16-2)9(12)14-18-10/h6-7,13H,3-5H2,1-2H3,(H2,12,14). The van der Waals surface area contributed by atoms with Crippen LogP contribution in [0.4, 0.5) is 10.8 Å². The number of nitrogens with two attached hydrogens (primary N) is 1. The van der Waals surface area contributed by atoms with Crippen molar-refractivity contribution in [1.82, 2.24) is 4.37 Å². The largest absolute Gasteiger partial charge is 0.465 e. The van der Waals surface area contributed by atoms with Crippen molar-refractivity contribution >= 4 is 28.3 Å². The van der Waals surface area contributed by atoms with Crippen LogP contribution in [0.15, 0.2) is 0 Å². The monoisotopic (exact) mass is 271 g/mol. The number of ether oxygens (including phenoxy) is 2. The van der Waals surface area contributed by atoms with Crippen LogP contribution in [0.1, 0.15) is 30.1 Å². The molecule has 0 aliphatic carbocycles. The van der Waals surface area contributed by atoms with Crippen LogP contribution in [-0.4, -0.2) is 36.2 Å². The minimum Gasteiger partial charge on any atom is -0.465 e. The minimum atomic E-state index is -0.455. The molecule has 1 aromatic heterocycles. The van der Waals surface area contributed by atoms with Crippen LogP contribution in [0.5, 0.6) is 0 Å². The molecule has 18 heavy (non-hydrogen) atoms. The van der Waals surface area contributed by atoms with Gasteiger partial charge in [-0.2, -0.15) is 4.37 Å². The van der Waals surface area contributed by atoms with Gasteiger partial charge in [0.15, 0.2) is 5.82 Å². The van der Waals surface area contributed by atoms with Crippen LogP contribution in [-0.2, 0) is 9.47 Å². The molecule has 7 heteroatoms. The Morgan fingerprint density at radius 2 is 2.44 bits per heavy atom. The van der Waals surface area contributed by atoms with Gasteiger partial charge in [-0.05, 0) is 31.3 Å². The number of hydrogen-bond donors (Lipinski definition) is 2. The number of carbonyl (C=O) groups excluding carboxylic acids is 1. The lowest BCUT2D eigenvalue weighted by molar-refractivity contribution is 0.0232. The number of methoxy groups -OCH3 is 1. The number of anilines is 2. The number of rotatable bonds is 3. The third kappa shape index (κ3) is 2.73. The second-order valence-electron chi connectivity index (χ2n) is 4.31. The molecule has 3 N–H and O–H groups in total. The molecule has 1 aromatic rings. The molecule has 2 rings (SSSR count). The maximum Gasteiger partial charge on any atom is 0.344 e. The fourth-order valence-corrected chi connectivity index (χ4v) is 2.79. The number of aromatic nitrogens is 1. The van der Waals surface area contributed by atoms with Gasteiger partial charge in [-0.15, -0.1) is 0 Å². The summed E-state index contributed by atoms with van der Waals surface area (Å²) in [5, 5.41) is 3.99. The Morgan fingerprint density at radius 1 is 1.67 bits per heavy atom. The zero-order valence-corrected chi connectivity index (χ0v) is 11.3. The lowest BCUT2D eigenvalue weighted by Gasteiger charge is -2.28. The molecule has 6 nitrogen and oxygen atoms in total. The molecule has 0 radical (unpaired) electrons. The number of nitrogen functional groups attached to an aromatic ring is 1. The first-order valence-corrected chi connectivity index (χ1v) is 6.60. The first-order chi connectivity index (χ1) is 8.61. The van der Waals surface area contributed by atoms with Crippen molar-refractivity contribution in [3.05, 3.63) is 5.56 Å². The van der Waals surface area contributed by atoms with Crippen LogP contribution in [0, 0.1) is 0 Å². The maximum atomic E-state index is 11.6. The van der Waals surface area contributed by atoms with E-state index in [9.17, 15) is 4.79 Å². The highest BCUT2D eigenvalue weighted by atomic mass is 32.1. The highest BCUT2D eigenvalue weighted by Crippen LogP contribution is 2.29. The van der Waals surface area contributed by atoms with Crippen molar-refractivity contribution in [3.8, 4) is 0 Å². The summed E-state index contributed by atoms with van der Waals surface area (Å²) >= 11 is 1.19. The summed E-state index contributed by atoms with van der Waals surface area (Å²) < 4.78 is 14.2. The van der Waals surface area contributed by atoms with E-state index < -0.39 is 5.97 Å². The summed E-state index contributed by atoms with van der Waals surface area (Å²) in [6.07, 6.45) is 2.03. The number of esters is 1.